The standard InChI is InChI=1S/2C28H39N/c1-14-15(2)19(6)23-22(18(14)5)26(9,10)27(11)24-20(7)16(3)17(4)21(8)25(24)29(13)28(23,27)12;1-14-15(2)19(6)23-22(18(14)5)26(9,10)28(12)27(23,11)24-20(7)16(3)17(4)21(8)25(24)29(28)13/h2*1-13H3. The number of fused-ring (bicyclic) bond motifs is 10. The molecule has 4 aromatic carbocycles. The van der Waals surface area contributed by atoms with E-state index in [-0.39, 0.29) is 32.7 Å². The summed E-state index contributed by atoms with van der Waals surface area (Å²) < 4.78 is 0. The van der Waals surface area contributed by atoms with Crippen molar-refractivity contribution in [1.29, 1.82) is 0 Å². The lowest BCUT2D eigenvalue weighted by Gasteiger charge is -2.49. The Morgan fingerprint density at radius 1 is 0.276 bits per heavy atom. The molecule has 2 heteroatoms. The van der Waals surface area contributed by atoms with Gasteiger partial charge in [-0.2, -0.15) is 0 Å². The first-order valence-electron chi connectivity index (χ1n) is 22.3. The predicted octanol–water partition coefficient (Wildman–Crippen LogP) is 14.0. The van der Waals surface area contributed by atoms with Crippen LogP contribution in [0.15, 0.2) is 0 Å². The van der Waals surface area contributed by atoms with Crippen LogP contribution in [-0.2, 0) is 27.2 Å². The lowest BCUT2D eigenvalue weighted by Crippen LogP contribution is -2.60. The molecule has 0 saturated heterocycles. The highest BCUT2D eigenvalue weighted by atomic mass is 15.3. The third kappa shape index (κ3) is 4.09. The highest BCUT2D eigenvalue weighted by Gasteiger charge is 2.71. The average Bonchev–Trinajstić information content (AvgIpc) is 3.60. The fraction of sp³-hybridized carbons (Fsp3) is 0.571. The van der Waals surface area contributed by atoms with E-state index in [0.29, 0.717) is 0 Å². The first-order valence-corrected chi connectivity index (χ1v) is 22.3. The molecule has 8 rings (SSSR count). The Hall–Kier alpha value is -3.52. The molecule has 312 valence electrons. The Morgan fingerprint density at radius 2 is 0.569 bits per heavy atom. The van der Waals surface area contributed by atoms with Gasteiger partial charge in [-0.15, -0.1) is 0 Å². The summed E-state index contributed by atoms with van der Waals surface area (Å²) in [7, 11) is 4.70. The largest absolute Gasteiger partial charge is 0.367 e. The van der Waals surface area contributed by atoms with Crippen LogP contribution in [0.2, 0.25) is 0 Å². The fourth-order valence-electron chi connectivity index (χ4n) is 14.9. The molecule has 2 nitrogen and oxygen atoms in total. The minimum absolute atomic E-state index is 0.00940. The maximum absolute atomic E-state index is 2.65. The van der Waals surface area contributed by atoms with Gasteiger partial charge in [0.05, 0.1) is 11.1 Å². The van der Waals surface area contributed by atoms with E-state index >= 15 is 0 Å². The van der Waals surface area contributed by atoms with E-state index in [1.54, 1.807) is 33.4 Å². The van der Waals surface area contributed by atoms with Crippen molar-refractivity contribution in [1.82, 2.24) is 0 Å². The van der Waals surface area contributed by atoms with Crippen LogP contribution in [0.5, 0.6) is 0 Å². The summed E-state index contributed by atoms with van der Waals surface area (Å²) in [4.78, 5) is 5.30. The number of likely N-dealkylation sites (N-methyl/N-ethyl adjacent to an activating group) is 2. The SMILES string of the molecule is Cc1c(C)c(C)c2c(c1C)N(C)C1(C)C(C)(C)c3c(C)c(C)c(C)c(C)c3C21C.Cc1c(C)c(C)c2c(c1C)N(C)C1(C)c3c(C)c(C)c(C)c(C)c3C(C)(C)C21C. The monoisotopic (exact) mass is 779 g/mol. The lowest BCUT2D eigenvalue weighted by atomic mass is 9.57. The van der Waals surface area contributed by atoms with Crippen LogP contribution >= 0.6 is 0 Å². The van der Waals surface area contributed by atoms with Crippen molar-refractivity contribution in [2.75, 3.05) is 23.9 Å². The molecule has 4 unspecified atom stereocenters. The van der Waals surface area contributed by atoms with Gasteiger partial charge < -0.3 is 9.80 Å². The Bertz CT molecular complexity index is 2560. The Morgan fingerprint density at radius 3 is 0.983 bits per heavy atom. The van der Waals surface area contributed by atoms with E-state index in [1.165, 1.54) is 100 Å². The smallest absolute Gasteiger partial charge is 0.0731 e. The van der Waals surface area contributed by atoms with Gasteiger partial charge in [-0.1, -0.05) is 34.6 Å². The molecule has 4 aliphatic rings. The van der Waals surface area contributed by atoms with Crippen LogP contribution in [0.1, 0.15) is 178 Å². The molecule has 0 bridgehead atoms. The summed E-state index contributed by atoms with van der Waals surface area (Å²) in [5.41, 5.74) is 36.0. The zero-order valence-electron chi connectivity index (χ0n) is 41.9. The topological polar surface area (TPSA) is 6.48 Å². The second-order valence-corrected chi connectivity index (χ2v) is 21.7. The number of hydrogen-bond donors (Lipinski definition) is 0. The summed E-state index contributed by atoms with van der Waals surface area (Å²) in [6.45, 7) is 57.5. The third-order valence-corrected chi connectivity index (χ3v) is 20.3. The second-order valence-electron chi connectivity index (χ2n) is 21.7. The van der Waals surface area contributed by atoms with Gasteiger partial charge in [-0.3, -0.25) is 0 Å². The predicted molar refractivity (Wildman–Crippen MR) is 254 cm³/mol. The molecule has 0 saturated carbocycles. The van der Waals surface area contributed by atoms with Gasteiger partial charge in [0.25, 0.3) is 0 Å². The first kappa shape index (κ1) is 42.6. The maximum Gasteiger partial charge on any atom is 0.0731 e. The van der Waals surface area contributed by atoms with Crippen molar-refractivity contribution in [3.05, 3.63) is 122 Å². The van der Waals surface area contributed by atoms with Crippen LogP contribution < -0.4 is 9.80 Å². The zero-order chi connectivity index (χ0) is 44.0. The van der Waals surface area contributed by atoms with Gasteiger partial charge >= 0.3 is 0 Å². The average molecular weight is 779 g/mol. The molecule has 0 spiro atoms. The van der Waals surface area contributed by atoms with Gasteiger partial charge in [-0.25, -0.2) is 0 Å². The van der Waals surface area contributed by atoms with Crippen LogP contribution in [0, 0.1) is 111 Å². The molecule has 4 atom stereocenters. The first-order chi connectivity index (χ1) is 26.4. The number of rotatable bonds is 0. The molecule has 0 aromatic heterocycles. The summed E-state index contributed by atoms with van der Waals surface area (Å²) in [6, 6.07) is 0. The number of nitrogens with zero attached hydrogens (tertiary/aromatic N) is 2. The summed E-state index contributed by atoms with van der Waals surface area (Å²) in [6.07, 6.45) is 0. The van der Waals surface area contributed by atoms with E-state index in [9.17, 15) is 0 Å². The molecule has 0 N–H and O–H groups in total. The zero-order valence-corrected chi connectivity index (χ0v) is 41.9. The van der Waals surface area contributed by atoms with Gasteiger partial charge in [0.1, 0.15) is 0 Å². The molecule has 2 heterocycles. The van der Waals surface area contributed by atoms with E-state index < -0.39 is 0 Å². The second kappa shape index (κ2) is 12.1. The fourth-order valence-corrected chi connectivity index (χ4v) is 14.9. The van der Waals surface area contributed by atoms with Crippen molar-refractivity contribution in [3.63, 3.8) is 0 Å². The van der Waals surface area contributed by atoms with Crippen molar-refractivity contribution in [2.24, 2.45) is 0 Å². The molecule has 4 aromatic rings. The van der Waals surface area contributed by atoms with E-state index in [2.05, 4.69) is 190 Å². The van der Waals surface area contributed by atoms with Gasteiger partial charge in [0.15, 0.2) is 0 Å². The Labute approximate surface area is 355 Å². The molecule has 58 heavy (non-hydrogen) atoms. The minimum Gasteiger partial charge on any atom is -0.367 e. The quantitative estimate of drug-likeness (QED) is 0.175. The molecule has 2 aliphatic heterocycles. The number of benzene rings is 4. The van der Waals surface area contributed by atoms with Crippen molar-refractivity contribution >= 4 is 11.4 Å². The minimum atomic E-state index is -0.0583. The molecule has 0 amide bonds. The molecular weight excluding hydrogens is 701 g/mol. The number of hydrogen-bond acceptors (Lipinski definition) is 2. The Kier molecular flexibility index (Phi) is 8.86. The summed E-state index contributed by atoms with van der Waals surface area (Å²) >= 11 is 0. The highest BCUT2D eigenvalue weighted by Crippen LogP contribution is 2.72. The number of anilines is 2. The van der Waals surface area contributed by atoms with Crippen molar-refractivity contribution in [3.8, 4) is 0 Å². The van der Waals surface area contributed by atoms with E-state index in [0.717, 1.165) is 0 Å². The van der Waals surface area contributed by atoms with Crippen LogP contribution in [-0.4, -0.2) is 19.6 Å². The van der Waals surface area contributed by atoms with Gasteiger partial charge in [0, 0.05) is 47.1 Å². The summed E-state index contributed by atoms with van der Waals surface area (Å²) in [5.74, 6) is 0. The van der Waals surface area contributed by atoms with E-state index in [1.807, 2.05) is 0 Å². The third-order valence-electron chi connectivity index (χ3n) is 20.3. The van der Waals surface area contributed by atoms with Crippen molar-refractivity contribution in [2.45, 2.75) is 199 Å². The van der Waals surface area contributed by atoms with Crippen LogP contribution in [0.4, 0.5) is 11.4 Å². The Balaban J connectivity index is 0.000000177. The maximum atomic E-state index is 2.65. The van der Waals surface area contributed by atoms with E-state index in [4.69, 9.17) is 0 Å². The van der Waals surface area contributed by atoms with Crippen LogP contribution in [0.25, 0.3) is 0 Å². The lowest BCUT2D eigenvalue weighted by molar-refractivity contribution is 0.202. The van der Waals surface area contributed by atoms with Gasteiger partial charge in [0.2, 0.25) is 0 Å². The van der Waals surface area contributed by atoms with Crippen LogP contribution in [0.3, 0.4) is 0 Å². The van der Waals surface area contributed by atoms with Gasteiger partial charge in [-0.05, 0) is 254 Å². The molecule has 2 aliphatic carbocycles. The van der Waals surface area contributed by atoms with Crippen molar-refractivity contribution < 1.29 is 0 Å². The normalized spacial score (nSPS) is 26.6. The molecular formula is C56H78N2. The highest BCUT2D eigenvalue weighted by molar-refractivity contribution is 5.84. The molecule has 0 fully saturated rings. The molecule has 0 radical (unpaired) electrons. The summed E-state index contributed by atoms with van der Waals surface area (Å²) in [5, 5.41) is 0.